The number of aryl methyl sites for hydroxylation is 3. The maximum atomic E-state index is 5.75. The number of rotatable bonds is 17. The third-order valence-corrected chi connectivity index (χ3v) is 17.6. The fourth-order valence-corrected chi connectivity index (χ4v) is 13.5. The van der Waals surface area contributed by atoms with E-state index < -0.39 is 0 Å². The molecule has 0 amide bonds. The summed E-state index contributed by atoms with van der Waals surface area (Å²) < 4.78 is 38.6. The Hall–Kier alpha value is -2.30. The smallest absolute Gasteiger partial charge is 1.00 e. The number of halogens is 5. The van der Waals surface area contributed by atoms with E-state index in [0.29, 0.717) is 39.6 Å². The van der Waals surface area contributed by atoms with Gasteiger partial charge in [0.1, 0.15) is 0 Å². The maximum Gasteiger partial charge on any atom is 1.00 e. The Kier molecular flexibility index (Phi) is 22.4. The molecule has 3 heterocycles. The van der Waals surface area contributed by atoms with Crippen LogP contribution >= 0.6 is 79.6 Å². The molecule has 7 aromatic rings. The second-order valence-electron chi connectivity index (χ2n) is 20.3. The number of unbranched alkanes of at least 4 members (excludes halogenated alkanes) is 3. The largest absolute Gasteiger partial charge is 1.00 e. The molecule has 3 aliphatic heterocycles. The van der Waals surface area contributed by atoms with Crippen LogP contribution in [0.4, 0.5) is 0 Å². The van der Waals surface area contributed by atoms with Gasteiger partial charge in [0.05, 0.1) is 39.6 Å². The van der Waals surface area contributed by atoms with E-state index in [1.54, 1.807) is 0 Å². The third-order valence-electron chi connectivity index (χ3n) is 15.1. The molecule has 12 heteroatoms. The molecule has 398 valence electrons. The molecule has 12 rings (SSSR count). The molecule has 7 aromatic carbocycles. The van der Waals surface area contributed by atoms with Crippen molar-refractivity contribution < 1.29 is 59.4 Å². The van der Waals surface area contributed by atoms with Crippen LogP contribution in [0.2, 0.25) is 0 Å². The molecule has 0 saturated carbocycles. The van der Waals surface area contributed by atoms with Gasteiger partial charge in [-0.3, -0.25) is 0 Å². The summed E-state index contributed by atoms with van der Waals surface area (Å²) in [6, 6.07) is 52.8. The maximum absolute atomic E-state index is 5.75. The minimum atomic E-state index is -0.219. The summed E-state index contributed by atoms with van der Waals surface area (Å²) in [4.78, 5) is 0. The van der Waals surface area contributed by atoms with Gasteiger partial charge in [0, 0.05) is 45.3 Å². The van der Waals surface area contributed by atoms with Crippen LogP contribution in [0.25, 0.3) is 22.3 Å². The molecule has 0 unspecified atom stereocenters. The van der Waals surface area contributed by atoms with Gasteiger partial charge in [0.25, 0.3) is 0 Å². The quantitative estimate of drug-likeness (QED) is 0.0514. The molecule has 0 radical (unpaired) electrons. The number of hydrogen-bond donors (Lipinski definition) is 0. The second-order valence-corrected chi connectivity index (χ2v) is 24.7. The summed E-state index contributed by atoms with van der Waals surface area (Å²) in [5.41, 5.74) is 18.8. The van der Waals surface area contributed by atoms with E-state index >= 15 is 0 Å². The third kappa shape index (κ3) is 15.2. The summed E-state index contributed by atoms with van der Waals surface area (Å²) in [7, 11) is 0. The molecule has 0 atom stereocenters. The number of fused-ring (bicyclic) bond motifs is 6. The molecule has 0 spiro atoms. The average Bonchev–Trinajstić information content (AvgIpc) is 4.36. The van der Waals surface area contributed by atoms with Crippen LogP contribution in [0.3, 0.4) is 0 Å². The molecule has 0 N–H and O–H groups in total. The van der Waals surface area contributed by atoms with Crippen molar-refractivity contribution in [2.45, 2.75) is 101 Å². The number of alkyl halides is 1. The summed E-state index contributed by atoms with van der Waals surface area (Å²) in [6.45, 7) is 4.09. The van der Waals surface area contributed by atoms with Crippen molar-refractivity contribution in [2.24, 2.45) is 0 Å². The fraction of sp³-hybridized carbons (Fsp3) is 0.354. The molecular weight excluding hydrogens is 1300 g/mol. The van der Waals surface area contributed by atoms with Gasteiger partial charge >= 0.3 is 29.6 Å². The van der Waals surface area contributed by atoms with Crippen LogP contribution in [0.15, 0.2) is 163 Å². The van der Waals surface area contributed by atoms with E-state index in [4.69, 9.17) is 28.4 Å². The Morgan fingerprint density at radius 1 is 0.390 bits per heavy atom. The predicted molar refractivity (Wildman–Crippen MR) is 324 cm³/mol. The zero-order valence-electron chi connectivity index (χ0n) is 44.9. The number of ether oxygens (including phenoxy) is 6. The van der Waals surface area contributed by atoms with Gasteiger partial charge in [-0.05, 0) is 174 Å². The van der Waals surface area contributed by atoms with Crippen molar-refractivity contribution in [3.05, 3.63) is 219 Å². The SMILES string of the molecule is BrCCCCc1cccc(C2OCCO2)c1.Brc1ccc2c(c1)C(CCCCc1cccc(C3OCCO3)c1)(CCCCc1cccc(C3OCCO3)c1)c1cc(Br)ccc1-2.Brc1ccc2c(c1)Cc1cc(Br)ccc1-2.[H-].[Na+]. The van der Waals surface area contributed by atoms with Crippen LogP contribution < -0.4 is 29.6 Å². The standard InChI is InChI=1S/C39H40Br2O4.C13H8Br2.C13H17BrO2.Na.H/c40-31-13-15-33-34-16-14-32(41)26-36(34)39(35(33)25-31,17-3-1-7-27-9-5-11-29(23-27)37-42-19-20-43-37)18-4-2-8-28-10-6-12-30(24-28)38-44-21-22-45-38;14-10-1-3-12-8(6-10)5-9-7-11(15)2-4-13(9)12;14-7-2-1-4-11-5-3-6-12(10-11)13-15-8-9-16-13;;/h5-6,9-16,23-26,37-38H,1-4,7-8,17-22H2;1-4,6-7H,5H2;3,5-6,10,13H,1-2,4,7-9H2;;/q;;;+1;-1. The van der Waals surface area contributed by atoms with E-state index in [0.717, 1.165) is 104 Å². The molecule has 3 fully saturated rings. The van der Waals surface area contributed by atoms with Crippen molar-refractivity contribution >= 4 is 79.6 Å². The Balaban J connectivity index is 0.000000197. The Bertz CT molecular complexity index is 2900. The average molecular weight is 1370 g/mol. The van der Waals surface area contributed by atoms with E-state index in [2.05, 4.69) is 225 Å². The van der Waals surface area contributed by atoms with Crippen LogP contribution in [0, 0.1) is 0 Å². The zero-order valence-corrected chi connectivity index (χ0v) is 53.8. The molecule has 0 aromatic heterocycles. The normalized spacial score (nSPS) is 16.2. The van der Waals surface area contributed by atoms with Gasteiger partial charge in [0.15, 0.2) is 18.9 Å². The monoisotopic (exact) mass is 1360 g/mol. The summed E-state index contributed by atoms with van der Waals surface area (Å²) in [5.74, 6) is 0. The van der Waals surface area contributed by atoms with Gasteiger partial charge < -0.3 is 29.8 Å². The van der Waals surface area contributed by atoms with Crippen molar-refractivity contribution in [1.82, 2.24) is 0 Å². The topological polar surface area (TPSA) is 55.4 Å². The van der Waals surface area contributed by atoms with E-state index in [9.17, 15) is 0 Å². The van der Waals surface area contributed by atoms with Gasteiger partial charge in [-0.2, -0.15) is 0 Å². The van der Waals surface area contributed by atoms with Crippen molar-refractivity contribution in [3.8, 4) is 22.3 Å². The van der Waals surface area contributed by atoms with E-state index in [1.807, 2.05) is 0 Å². The Labute approximate surface area is 521 Å². The summed E-state index contributed by atoms with van der Waals surface area (Å²) in [5, 5.41) is 1.08. The van der Waals surface area contributed by atoms with Crippen LogP contribution in [-0.2, 0) is 59.5 Å². The number of hydrogen-bond acceptors (Lipinski definition) is 6. The van der Waals surface area contributed by atoms with Gasteiger partial charge in [-0.25, -0.2) is 0 Å². The minimum Gasteiger partial charge on any atom is -1.00 e. The van der Waals surface area contributed by atoms with Crippen molar-refractivity contribution in [2.75, 3.05) is 45.0 Å². The Morgan fingerprint density at radius 2 is 0.727 bits per heavy atom. The molecule has 0 bridgehead atoms. The minimum absolute atomic E-state index is 0. The summed E-state index contributed by atoms with van der Waals surface area (Å²) >= 11 is 18.1. The first-order valence-corrected chi connectivity index (χ1v) is 31.2. The van der Waals surface area contributed by atoms with Crippen LogP contribution in [0.1, 0.15) is 127 Å². The first-order chi connectivity index (χ1) is 37.2. The fourth-order valence-electron chi connectivity index (χ4n) is 11.5. The zero-order chi connectivity index (χ0) is 52.3. The molecule has 6 nitrogen and oxygen atoms in total. The first-order valence-electron chi connectivity index (χ1n) is 26.9. The van der Waals surface area contributed by atoms with E-state index in [-0.39, 0.29) is 55.3 Å². The van der Waals surface area contributed by atoms with Gasteiger partial charge in [-0.15, -0.1) is 0 Å². The molecule has 77 heavy (non-hydrogen) atoms. The van der Waals surface area contributed by atoms with Crippen LogP contribution in [0.5, 0.6) is 0 Å². The molecular formula is C65H66Br5NaO6. The predicted octanol–water partition coefficient (Wildman–Crippen LogP) is 15.7. The first kappa shape index (κ1) is 59.3. The molecule has 5 aliphatic rings. The van der Waals surface area contributed by atoms with Gasteiger partial charge in [0.2, 0.25) is 0 Å². The summed E-state index contributed by atoms with van der Waals surface area (Å²) in [6.07, 6.45) is 13.0. The Morgan fingerprint density at radius 3 is 1.09 bits per heavy atom. The molecule has 2 aliphatic carbocycles. The van der Waals surface area contributed by atoms with Crippen molar-refractivity contribution in [1.29, 1.82) is 0 Å². The second kappa shape index (κ2) is 29.1. The van der Waals surface area contributed by atoms with E-state index in [1.165, 1.54) is 74.0 Å². The molecule has 3 saturated heterocycles. The van der Waals surface area contributed by atoms with Crippen LogP contribution in [-0.4, -0.2) is 45.0 Å². The number of benzene rings is 7. The van der Waals surface area contributed by atoms with Gasteiger partial charge in [-0.1, -0.05) is 190 Å². The van der Waals surface area contributed by atoms with Crippen molar-refractivity contribution in [3.63, 3.8) is 0 Å².